The number of ether oxygens (including phenoxy) is 3. The molecule has 9 atom stereocenters. The molecule has 0 unspecified atom stereocenters. The van der Waals surface area contributed by atoms with Crippen molar-refractivity contribution in [3.05, 3.63) is 0 Å². The van der Waals surface area contributed by atoms with Gasteiger partial charge in [-0.15, -0.1) is 0 Å². The molecular weight excluding hydrogens is 360 g/mol. The number of aliphatic hydroxyl groups excluding tert-OH is 1. The molecule has 3 aliphatic carbocycles. The molecule has 28 heavy (non-hydrogen) atoms. The van der Waals surface area contributed by atoms with Crippen molar-refractivity contribution in [3.8, 4) is 0 Å². The van der Waals surface area contributed by atoms with E-state index in [0.29, 0.717) is 12.3 Å². The predicted molar refractivity (Wildman–Crippen MR) is 98.5 cm³/mol. The van der Waals surface area contributed by atoms with Crippen LogP contribution in [0.5, 0.6) is 0 Å². The van der Waals surface area contributed by atoms with Crippen molar-refractivity contribution >= 4 is 11.9 Å². The molecule has 5 fully saturated rings. The molecule has 5 aliphatic rings. The first-order chi connectivity index (χ1) is 13.1. The molecular formula is C22H32O6. The van der Waals surface area contributed by atoms with Gasteiger partial charge in [0.25, 0.3) is 0 Å². The van der Waals surface area contributed by atoms with Gasteiger partial charge in [0.15, 0.2) is 6.29 Å². The normalized spacial score (nSPS) is 53.6. The lowest BCUT2D eigenvalue weighted by Crippen LogP contribution is -2.68. The van der Waals surface area contributed by atoms with Crippen LogP contribution in [0.3, 0.4) is 0 Å². The molecule has 1 spiro atoms. The summed E-state index contributed by atoms with van der Waals surface area (Å²) < 4.78 is 17.3. The van der Waals surface area contributed by atoms with Gasteiger partial charge in [-0.1, -0.05) is 27.2 Å². The number of carbonyl (C=O) groups is 2. The van der Waals surface area contributed by atoms with Crippen molar-refractivity contribution in [2.75, 3.05) is 0 Å². The summed E-state index contributed by atoms with van der Waals surface area (Å²) in [7, 11) is 0. The van der Waals surface area contributed by atoms with Gasteiger partial charge in [-0.2, -0.15) is 0 Å². The maximum Gasteiger partial charge on any atom is 0.311 e. The Hall–Kier alpha value is -1.14. The third kappa shape index (κ3) is 2.11. The van der Waals surface area contributed by atoms with Gasteiger partial charge in [0.2, 0.25) is 6.29 Å². The number of rotatable bonds is 1. The summed E-state index contributed by atoms with van der Waals surface area (Å²) in [4.78, 5) is 24.6. The van der Waals surface area contributed by atoms with E-state index < -0.39 is 24.1 Å². The molecule has 0 amide bonds. The van der Waals surface area contributed by atoms with Crippen molar-refractivity contribution in [2.45, 2.75) is 84.9 Å². The zero-order valence-electron chi connectivity index (χ0n) is 17.3. The maximum absolute atomic E-state index is 12.5. The van der Waals surface area contributed by atoms with E-state index in [4.69, 9.17) is 14.2 Å². The second-order valence-corrected chi connectivity index (χ2v) is 10.8. The highest BCUT2D eigenvalue weighted by Crippen LogP contribution is 2.73. The van der Waals surface area contributed by atoms with Gasteiger partial charge >= 0.3 is 11.9 Å². The molecule has 2 heterocycles. The summed E-state index contributed by atoms with van der Waals surface area (Å²) >= 11 is 0. The highest BCUT2D eigenvalue weighted by atomic mass is 16.8. The molecule has 0 radical (unpaired) electrons. The Bertz CT molecular complexity index is 718. The maximum atomic E-state index is 12.5. The lowest BCUT2D eigenvalue weighted by molar-refractivity contribution is -0.278. The topological polar surface area (TPSA) is 82.1 Å². The van der Waals surface area contributed by atoms with Gasteiger partial charge in [-0.25, -0.2) is 0 Å². The van der Waals surface area contributed by atoms with E-state index in [0.717, 1.165) is 32.1 Å². The first kappa shape index (κ1) is 18.9. The summed E-state index contributed by atoms with van der Waals surface area (Å²) in [5.74, 6) is -0.530. The molecule has 3 saturated carbocycles. The van der Waals surface area contributed by atoms with Crippen LogP contribution in [0.15, 0.2) is 0 Å². The van der Waals surface area contributed by atoms with E-state index in [1.807, 2.05) is 0 Å². The third-order valence-corrected chi connectivity index (χ3v) is 9.29. The lowest BCUT2D eigenvalue weighted by Gasteiger charge is -2.67. The molecule has 5 rings (SSSR count). The summed E-state index contributed by atoms with van der Waals surface area (Å²) in [5, 5.41) is 11.2. The number of carbonyl (C=O) groups excluding carboxylic acids is 2. The Morgan fingerprint density at radius 1 is 1.18 bits per heavy atom. The van der Waals surface area contributed by atoms with Gasteiger partial charge in [0.05, 0.1) is 11.3 Å². The Labute approximate surface area is 166 Å². The fourth-order valence-corrected chi connectivity index (χ4v) is 8.45. The van der Waals surface area contributed by atoms with Gasteiger partial charge in [-0.05, 0) is 54.8 Å². The molecule has 156 valence electrons. The van der Waals surface area contributed by atoms with Crippen LogP contribution in [0.4, 0.5) is 0 Å². The molecule has 1 N–H and O–H groups in total. The summed E-state index contributed by atoms with van der Waals surface area (Å²) in [6.45, 7) is 8.46. The summed E-state index contributed by atoms with van der Waals surface area (Å²) in [5.41, 5.74) is -0.589. The molecule has 0 aromatic heterocycles. The highest BCUT2D eigenvalue weighted by Gasteiger charge is 2.78. The minimum Gasteiger partial charge on any atom is -0.462 e. The molecule has 6 heteroatoms. The predicted octanol–water partition coefficient (Wildman–Crippen LogP) is 3.01. The lowest BCUT2D eigenvalue weighted by atomic mass is 9.37. The van der Waals surface area contributed by atoms with Crippen molar-refractivity contribution in [3.63, 3.8) is 0 Å². The standard InChI is InChI=1S/C22H32O6/c1-11(23)26-15-10-14-20(2,3)8-5-9-21(14,4)13-7-6-12-16-18(27-17(12)24)28-19(25)22(13,15)16/h12-16,18-19,25H,5-10H2,1-4H3/t12-,13-,14+,15-,16+,18+,19-,21-,22+/m1/s1. The Balaban J connectivity index is 1.68. The third-order valence-electron chi connectivity index (χ3n) is 9.29. The first-order valence-corrected chi connectivity index (χ1v) is 10.8. The Morgan fingerprint density at radius 2 is 1.93 bits per heavy atom. The number of esters is 2. The van der Waals surface area contributed by atoms with E-state index in [2.05, 4.69) is 20.8 Å². The molecule has 0 bridgehead atoms. The van der Waals surface area contributed by atoms with Crippen molar-refractivity contribution in [1.82, 2.24) is 0 Å². The van der Waals surface area contributed by atoms with Gasteiger partial charge < -0.3 is 19.3 Å². The fraction of sp³-hybridized carbons (Fsp3) is 0.909. The molecule has 6 nitrogen and oxygen atoms in total. The average molecular weight is 392 g/mol. The van der Waals surface area contributed by atoms with Gasteiger partial charge in [0, 0.05) is 12.8 Å². The number of hydrogen-bond acceptors (Lipinski definition) is 6. The van der Waals surface area contributed by atoms with E-state index in [9.17, 15) is 14.7 Å². The molecule has 0 aromatic carbocycles. The zero-order chi connectivity index (χ0) is 20.1. The van der Waals surface area contributed by atoms with Crippen LogP contribution in [0, 0.1) is 39.9 Å². The second-order valence-electron chi connectivity index (χ2n) is 10.8. The monoisotopic (exact) mass is 392 g/mol. The van der Waals surface area contributed by atoms with Crippen LogP contribution in [0.25, 0.3) is 0 Å². The highest BCUT2D eigenvalue weighted by molar-refractivity contribution is 5.76. The largest absolute Gasteiger partial charge is 0.462 e. The second kappa shape index (κ2) is 5.72. The van der Waals surface area contributed by atoms with Crippen molar-refractivity contribution < 1.29 is 28.9 Å². The fourth-order valence-electron chi connectivity index (χ4n) is 8.45. The summed E-state index contributed by atoms with van der Waals surface area (Å²) in [6.07, 6.45) is 3.49. The first-order valence-electron chi connectivity index (χ1n) is 10.8. The van der Waals surface area contributed by atoms with E-state index in [-0.39, 0.29) is 40.5 Å². The Kier molecular flexibility index (Phi) is 3.85. The van der Waals surface area contributed by atoms with Crippen LogP contribution in [-0.2, 0) is 23.8 Å². The van der Waals surface area contributed by atoms with Crippen LogP contribution >= 0.6 is 0 Å². The van der Waals surface area contributed by atoms with Crippen LogP contribution in [-0.4, -0.2) is 35.7 Å². The Morgan fingerprint density at radius 3 is 2.64 bits per heavy atom. The quantitative estimate of drug-likeness (QED) is 0.691. The minimum absolute atomic E-state index is 0.0221. The van der Waals surface area contributed by atoms with Crippen LogP contribution in [0.2, 0.25) is 0 Å². The molecule has 2 aliphatic heterocycles. The van der Waals surface area contributed by atoms with Gasteiger partial charge in [0.1, 0.15) is 6.10 Å². The molecule has 0 aromatic rings. The van der Waals surface area contributed by atoms with Gasteiger partial charge in [-0.3, -0.25) is 9.59 Å². The molecule has 2 saturated heterocycles. The van der Waals surface area contributed by atoms with E-state index >= 15 is 0 Å². The average Bonchev–Trinajstić information content (AvgIpc) is 3.06. The van der Waals surface area contributed by atoms with Crippen molar-refractivity contribution in [1.29, 1.82) is 0 Å². The number of aliphatic hydroxyl groups is 1. The smallest absolute Gasteiger partial charge is 0.311 e. The van der Waals surface area contributed by atoms with Crippen LogP contribution < -0.4 is 0 Å². The van der Waals surface area contributed by atoms with E-state index in [1.54, 1.807) is 0 Å². The van der Waals surface area contributed by atoms with E-state index in [1.165, 1.54) is 6.92 Å². The zero-order valence-corrected chi connectivity index (χ0v) is 17.3. The summed E-state index contributed by atoms with van der Waals surface area (Å²) in [6, 6.07) is 0. The van der Waals surface area contributed by atoms with Crippen molar-refractivity contribution in [2.24, 2.45) is 39.9 Å². The van der Waals surface area contributed by atoms with Crippen LogP contribution in [0.1, 0.15) is 66.2 Å². The number of hydrogen-bond donors (Lipinski definition) is 1. The SMILES string of the molecule is CC(=O)O[C@@H]1C[C@H]2C(C)(C)CCC[C@]2(C)[C@H]2CC[C@H]3C(=O)O[C@H]4O[C@@H](O)[C@@]21[C@H]43. The minimum atomic E-state index is -1.07. The number of fused-ring (bicyclic) bond motifs is 2.